The first-order chi connectivity index (χ1) is 15.3. The van der Waals surface area contributed by atoms with E-state index in [0.717, 1.165) is 19.3 Å². The molecule has 1 N–H and O–H groups in total. The Morgan fingerprint density at radius 3 is 2.75 bits per heavy atom. The topological polar surface area (TPSA) is 96.4 Å². The fraction of sp³-hybridized carbons (Fsp3) is 0.783. The maximum absolute atomic E-state index is 13.9. The predicted octanol–water partition coefficient (Wildman–Crippen LogP) is 1.88. The molecule has 180 valence electrons. The smallest absolute Gasteiger partial charge is 0.312 e. The molecule has 0 aromatic rings. The molecule has 3 saturated heterocycles. The Morgan fingerprint density at radius 2 is 2.16 bits per heavy atom. The molecule has 1 spiro atoms. The first-order valence-corrected chi connectivity index (χ1v) is 12.5. The number of alkyl halides is 1. The minimum absolute atomic E-state index is 0.173. The van der Waals surface area contributed by atoms with Crippen molar-refractivity contribution in [2.75, 3.05) is 26.3 Å². The van der Waals surface area contributed by atoms with E-state index in [0.29, 0.717) is 19.5 Å². The second-order valence-electron chi connectivity index (χ2n) is 8.97. The second-order valence-corrected chi connectivity index (χ2v) is 10.1. The van der Waals surface area contributed by atoms with Crippen LogP contribution >= 0.6 is 15.9 Å². The Kier molecular flexibility index (Phi) is 8.04. The van der Waals surface area contributed by atoms with E-state index in [1.807, 2.05) is 0 Å². The number of amides is 2. The van der Waals surface area contributed by atoms with E-state index in [-0.39, 0.29) is 29.9 Å². The summed E-state index contributed by atoms with van der Waals surface area (Å²) < 4.78 is 11.7. The van der Waals surface area contributed by atoms with Crippen LogP contribution < -0.4 is 0 Å². The zero-order valence-corrected chi connectivity index (χ0v) is 20.8. The van der Waals surface area contributed by atoms with Crippen LogP contribution in [0.5, 0.6) is 0 Å². The third-order valence-electron chi connectivity index (χ3n) is 6.95. The molecular weight excluding hydrogens is 480 g/mol. The molecule has 3 heterocycles. The summed E-state index contributed by atoms with van der Waals surface area (Å²) in [7, 11) is 0. The molecule has 0 aromatic heterocycles. The maximum atomic E-state index is 13.9. The summed E-state index contributed by atoms with van der Waals surface area (Å²) in [6, 6.07) is -1.50. The molecule has 8 nitrogen and oxygen atoms in total. The standard InChI is InChI=1S/C23H35BrN2O6/c1-5-8-9-11-25(10-6-2)21(29)19-23-12-15(24)18(32-23)16(22(30)31-7-3)17(23)20(28)26(19)14(4)13-27/h6,14-19,27H,2,5,7-13H2,1,3-4H3/t14-,15?,16-,17+,18-,19-,23+/m1/s1. The first kappa shape index (κ1) is 25.2. The monoisotopic (exact) mass is 514 g/mol. The van der Waals surface area contributed by atoms with Crippen molar-refractivity contribution in [2.45, 2.75) is 75.1 Å². The summed E-state index contributed by atoms with van der Waals surface area (Å²) in [6.45, 7) is 10.1. The van der Waals surface area contributed by atoms with E-state index in [2.05, 4.69) is 29.4 Å². The van der Waals surface area contributed by atoms with Crippen molar-refractivity contribution in [1.82, 2.24) is 9.80 Å². The molecular formula is C23H35BrN2O6. The summed E-state index contributed by atoms with van der Waals surface area (Å²) in [5.41, 5.74) is -1.13. The van der Waals surface area contributed by atoms with Crippen LogP contribution in [0.25, 0.3) is 0 Å². The Labute approximate surface area is 198 Å². The lowest BCUT2D eigenvalue weighted by atomic mass is 9.70. The SMILES string of the molecule is C=CCN(CCCCC)C(=O)[C@H]1N([C@H](C)CO)C(=O)[C@@H]2[C@@H](C(=O)OCC)[C@@H]3O[C@@]21CC3Br. The molecule has 3 fully saturated rings. The molecule has 0 saturated carbocycles. The normalized spacial score (nSPS) is 33.8. The van der Waals surface area contributed by atoms with Gasteiger partial charge in [0.2, 0.25) is 11.8 Å². The van der Waals surface area contributed by atoms with Crippen LogP contribution in [0.4, 0.5) is 0 Å². The quantitative estimate of drug-likeness (QED) is 0.196. The van der Waals surface area contributed by atoms with Gasteiger partial charge in [0.1, 0.15) is 11.6 Å². The lowest BCUT2D eigenvalue weighted by Crippen LogP contribution is -2.58. The first-order valence-electron chi connectivity index (χ1n) is 11.6. The molecule has 1 unspecified atom stereocenters. The lowest BCUT2D eigenvalue weighted by Gasteiger charge is -2.38. The third kappa shape index (κ3) is 4.01. The Hall–Kier alpha value is -1.45. The highest BCUT2D eigenvalue weighted by molar-refractivity contribution is 9.09. The van der Waals surface area contributed by atoms with Crippen LogP contribution in [-0.4, -0.2) is 87.6 Å². The number of aliphatic hydroxyl groups excluding tert-OH is 1. The predicted molar refractivity (Wildman–Crippen MR) is 122 cm³/mol. The van der Waals surface area contributed by atoms with E-state index >= 15 is 0 Å². The largest absolute Gasteiger partial charge is 0.466 e. The van der Waals surface area contributed by atoms with Crippen molar-refractivity contribution in [1.29, 1.82) is 0 Å². The van der Waals surface area contributed by atoms with Gasteiger partial charge in [0, 0.05) is 17.9 Å². The summed E-state index contributed by atoms with van der Waals surface area (Å²) in [6.07, 6.45) is 4.44. The van der Waals surface area contributed by atoms with Crippen LogP contribution in [-0.2, 0) is 23.9 Å². The van der Waals surface area contributed by atoms with Crippen LogP contribution in [0.15, 0.2) is 12.7 Å². The fourth-order valence-electron chi connectivity index (χ4n) is 5.59. The van der Waals surface area contributed by atoms with Crippen molar-refractivity contribution in [3.05, 3.63) is 12.7 Å². The molecule has 3 aliphatic heterocycles. The molecule has 0 aromatic carbocycles. The van der Waals surface area contributed by atoms with Crippen LogP contribution in [0.1, 0.15) is 46.5 Å². The molecule has 0 aliphatic carbocycles. The molecule has 2 bridgehead atoms. The van der Waals surface area contributed by atoms with Gasteiger partial charge in [-0.25, -0.2) is 0 Å². The average Bonchev–Trinajstić information content (AvgIpc) is 3.36. The molecule has 32 heavy (non-hydrogen) atoms. The number of halogens is 1. The molecule has 7 atom stereocenters. The minimum atomic E-state index is -1.13. The number of nitrogens with zero attached hydrogens (tertiary/aromatic N) is 2. The van der Waals surface area contributed by atoms with E-state index in [1.165, 1.54) is 4.90 Å². The van der Waals surface area contributed by atoms with Crippen molar-refractivity contribution >= 4 is 33.7 Å². The van der Waals surface area contributed by atoms with Crippen molar-refractivity contribution in [3.63, 3.8) is 0 Å². The summed E-state index contributed by atoms with van der Waals surface area (Å²) in [4.78, 5) is 43.4. The maximum Gasteiger partial charge on any atom is 0.312 e. The molecule has 3 aliphatic rings. The number of rotatable bonds is 11. The van der Waals surface area contributed by atoms with Gasteiger partial charge in [0.05, 0.1) is 37.2 Å². The number of ether oxygens (including phenoxy) is 2. The highest BCUT2D eigenvalue weighted by Crippen LogP contribution is 2.60. The van der Waals surface area contributed by atoms with Gasteiger partial charge in [-0.05, 0) is 26.7 Å². The van der Waals surface area contributed by atoms with Gasteiger partial charge in [-0.3, -0.25) is 14.4 Å². The highest BCUT2D eigenvalue weighted by Gasteiger charge is 2.77. The van der Waals surface area contributed by atoms with Gasteiger partial charge in [0.15, 0.2) is 0 Å². The van der Waals surface area contributed by atoms with E-state index in [9.17, 15) is 19.5 Å². The molecule has 3 rings (SSSR count). The van der Waals surface area contributed by atoms with Crippen LogP contribution in [0, 0.1) is 11.8 Å². The number of likely N-dealkylation sites (tertiary alicyclic amines) is 1. The Balaban J connectivity index is 2.03. The lowest BCUT2D eigenvalue weighted by molar-refractivity contribution is -0.156. The van der Waals surface area contributed by atoms with Gasteiger partial charge in [-0.15, -0.1) is 6.58 Å². The number of carbonyl (C=O) groups excluding carboxylic acids is 3. The van der Waals surface area contributed by atoms with Gasteiger partial charge in [0.25, 0.3) is 0 Å². The van der Waals surface area contributed by atoms with Crippen molar-refractivity contribution < 1.29 is 29.0 Å². The number of hydrogen-bond donors (Lipinski definition) is 1. The van der Waals surface area contributed by atoms with Crippen molar-refractivity contribution in [2.24, 2.45) is 11.8 Å². The van der Waals surface area contributed by atoms with Gasteiger partial charge < -0.3 is 24.4 Å². The van der Waals surface area contributed by atoms with E-state index in [1.54, 1.807) is 24.8 Å². The summed E-state index contributed by atoms with van der Waals surface area (Å²) in [5, 5.41) is 9.89. The van der Waals surface area contributed by atoms with Gasteiger partial charge in [-0.2, -0.15) is 0 Å². The zero-order valence-electron chi connectivity index (χ0n) is 19.2. The van der Waals surface area contributed by atoms with Crippen molar-refractivity contribution in [3.8, 4) is 0 Å². The van der Waals surface area contributed by atoms with Gasteiger partial charge >= 0.3 is 5.97 Å². The number of esters is 1. The number of hydrogen-bond acceptors (Lipinski definition) is 6. The van der Waals surface area contributed by atoms with Crippen LogP contribution in [0.3, 0.4) is 0 Å². The van der Waals surface area contributed by atoms with Crippen LogP contribution in [0.2, 0.25) is 0 Å². The average molecular weight is 515 g/mol. The molecule has 9 heteroatoms. The zero-order chi connectivity index (χ0) is 23.6. The number of carbonyl (C=O) groups is 3. The second kappa shape index (κ2) is 10.2. The number of unbranched alkanes of at least 4 members (excludes halogenated alkanes) is 2. The Bertz CT molecular complexity index is 748. The summed E-state index contributed by atoms with van der Waals surface area (Å²) in [5.74, 6) is -2.60. The molecule has 2 amide bonds. The fourth-order valence-corrected chi connectivity index (χ4v) is 6.53. The number of aliphatic hydroxyl groups is 1. The molecule has 0 radical (unpaired) electrons. The van der Waals surface area contributed by atoms with Gasteiger partial charge in [-0.1, -0.05) is 41.8 Å². The minimum Gasteiger partial charge on any atom is -0.466 e. The number of fused-ring (bicyclic) bond motifs is 1. The van der Waals surface area contributed by atoms with E-state index in [4.69, 9.17) is 9.47 Å². The van der Waals surface area contributed by atoms with E-state index < -0.39 is 41.6 Å². The summed E-state index contributed by atoms with van der Waals surface area (Å²) >= 11 is 3.62. The third-order valence-corrected chi connectivity index (χ3v) is 7.80. The Morgan fingerprint density at radius 1 is 1.44 bits per heavy atom. The highest BCUT2D eigenvalue weighted by atomic mass is 79.9.